The summed E-state index contributed by atoms with van der Waals surface area (Å²) < 4.78 is 29.8. The maximum Gasteiger partial charge on any atom is 0.311 e. The lowest BCUT2D eigenvalue weighted by Gasteiger charge is -2.10. The van der Waals surface area contributed by atoms with Crippen LogP contribution in [0.15, 0.2) is 6.07 Å². The van der Waals surface area contributed by atoms with E-state index in [-0.39, 0.29) is 30.1 Å². The number of aryl methyl sites for hydroxylation is 1. The number of nitrogen functional groups attached to an aromatic ring is 1. The van der Waals surface area contributed by atoms with Gasteiger partial charge in [0.05, 0.1) is 24.4 Å². The van der Waals surface area contributed by atoms with Crippen LogP contribution < -0.4 is 5.73 Å². The third-order valence-corrected chi connectivity index (χ3v) is 2.20. The Hall–Kier alpha value is -1.72. The Balaban J connectivity index is 3.01. The van der Waals surface area contributed by atoms with Crippen LogP contribution in [0.1, 0.15) is 30.3 Å². The second kappa shape index (κ2) is 5.56. The zero-order valence-corrected chi connectivity index (χ0v) is 9.67. The molecule has 1 heterocycles. The van der Waals surface area contributed by atoms with Gasteiger partial charge in [0.25, 0.3) is 6.43 Å². The summed E-state index contributed by atoms with van der Waals surface area (Å²) in [5.74, 6) is -0.530. The molecule has 0 unspecified atom stereocenters. The number of nitrogens with zero attached hydrogens (tertiary/aromatic N) is 1. The standard InChI is InChI=1S/C11H14F2N2O2/c1-3-17-9(16)5-7-10(14)6(2)4-8(15-7)11(12)13/h4,11H,3,5,14H2,1-2H3. The molecule has 1 aromatic rings. The molecule has 0 fully saturated rings. The predicted molar refractivity (Wildman–Crippen MR) is 58.7 cm³/mol. The molecular formula is C11H14F2N2O2. The highest BCUT2D eigenvalue weighted by molar-refractivity contribution is 5.74. The van der Waals surface area contributed by atoms with Crippen molar-refractivity contribution in [3.63, 3.8) is 0 Å². The average molecular weight is 244 g/mol. The smallest absolute Gasteiger partial charge is 0.311 e. The summed E-state index contributed by atoms with van der Waals surface area (Å²) >= 11 is 0. The first-order chi connectivity index (χ1) is 7.95. The third kappa shape index (κ3) is 3.37. The van der Waals surface area contributed by atoms with E-state index in [4.69, 9.17) is 10.5 Å². The summed E-state index contributed by atoms with van der Waals surface area (Å²) in [6.45, 7) is 3.49. The van der Waals surface area contributed by atoms with Crippen LogP contribution in [0.4, 0.5) is 14.5 Å². The minimum atomic E-state index is -2.68. The Bertz CT molecular complexity index is 422. The summed E-state index contributed by atoms with van der Waals surface area (Å²) in [5.41, 5.74) is 6.17. The molecule has 0 aliphatic heterocycles. The summed E-state index contributed by atoms with van der Waals surface area (Å²) in [4.78, 5) is 14.9. The van der Waals surface area contributed by atoms with Crippen LogP contribution in [0.5, 0.6) is 0 Å². The first-order valence-corrected chi connectivity index (χ1v) is 5.15. The number of aromatic nitrogens is 1. The fourth-order valence-electron chi connectivity index (χ4n) is 1.37. The van der Waals surface area contributed by atoms with E-state index >= 15 is 0 Å². The van der Waals surface area contributed by atoms with Crippen LogP contribution in [-0.4, -0.2) is 17.6 Å². The number of rotatable bonds is 4. The first kappa shape index (κ1) is 13.3. The second-order valence-electron chi connectivity index (χ2n) is 3.51. The number of hydrogen-bond acceptors (Lipinski definition) is 4. The zero-order chi connectivity index (χ0) is 13.0. The van der Waals surface area contributed by atoms with Gasteiger partial charge in [-0.25, -0.2) is 13.8 Å². The van der Waals surface area contributed by atoms with Crippen LogP contribution in [0.25, 0.3) is 0 Å². The highest BCUT2D eigenvalue weighted by Crippen LogP contribution is 2.23. The average Bonchev–Trinajstić information content (AvgIpc) is 2.24. The van der Waals surface area contributed by atoms with E-state index in [2.05, 4.69) is 4.98 Å². The Morgan fingerprint density at radius 1 is 1.59 bits per heavy atom. The van der Waals surface area contributed by atoms with Crippen molar-refractivity contribution in [3.8, 4) is 0 Å². The highest BCUT2D eigenvalue weighted by atomic mass is 19.3. The van der Waals surface area contributed by atoms with E-state index < -0.39 is 12.4 Å². The molecule has 0 radical (unpaired) electrons. The van der Waals surface area contributed by atoms with Crippen molar-refractivity contribution in [1.82, 2.24) is 4.98 Å². The van der Waals surface area contributed by atoms with E-state index in [1.807, 2.05) is 0 Å². The van der Waals surface area contributed by atoms with Gasteiger partial charge in [-0.2, -0.15) is 0 Å². The molecular weight excluding hydrogens is 230 g/mol. The summed E-state index contributed by atoms with van der Waals surface area (Å²) in [6.07, 6.45) is -2.88. The van der Waals surface area contributed by atoms with Gasteiger partial charge in [-0.05, 0) is 25.5 Å². The molecule has 17 heavy (non-hydrogen) atoms. The van der Waals surface area contributed by atoms with Gasteiger partial charge in [0, 0.05) is 0 Å². The molecule has 2 N–H and O–H groups in total. The Labute approximate surface area is 97.8 Å². The van der Waals surface area contributed by atoms with Gasteiger partial charge in [0.1, 0.15) is 5.69 Å². The van der Waals surface area contributed by atoms with Gasteiger partial charge in [0.15, 0.2) is 0 Å². The SMILES string of the molecule is CCOC(=O)Cc1nc(C(F)F)cc(C)c1N. The molecule has 4 nitrogen and oxygen atoms in total. The van der Waals surface area contributed by atoms with Gasteiger partial charge in [-0.15, -0.1) is 0 Å². The maximum absolute atomic E-state index is 12.5. The highest BCUT2D eigenvalue weighted by Gasteiger charge is 2.16. The lowest BCUT2D eigenvalue weighted by atomic mass is 10.1. The minimum absolute atomic E-state index is 0.138. The fraction of sp³-hybridized carbons (Fsp3) is 0.455. The molecule has 0 aliphatic carbocycles. The number of nitrogens with two attached hydrogens (primary N) is 1. The van der Waals surface area contributed by atoms with Crippen LogP contribution in [0.2, 0.25) is 0 Å². The lowest BCUT2D eigenvalue weighted by Crippen LogP contribution is -2.12. The molecule has 94 valence electrons. The Morgan fingerprint density at radius 3 is 2.76 bits per heavy atom. The topological polar surface area (TPSA) is 65.2 Å². The number of halogens is 2. The van der Waals surface area contributed by atoms with Crippen molar-refractivity contribution < 1.29 is 18.3 Å². The summed E-state index contributed by atoms with van der Waals surface area (Å²) in [5, 5.41) is 0. The molecule has 0 aromatic carbocycles. The van der Waals surface area contributed by atoms with E-state index in [1.54, 1.807) is 13.8 Å². The monoisotopic (exact) mass is 244 g/mol. The summed E-state index contributed by atoms with van der Waals surface area (Å²) in [7, 11) is 0. The summed E-state index contributed by atoms with van der Waals surface area (Å²) in [6, 6.07) is 1.22. The van der Waals surface area contributed by atoms with Crippen LogP contribution in [0, 0.1) is 6.92 Å². The number of carbonyl (C=O) groups is 1. The van der Waals surface area contributed by atoms with Gasteiger partial charge in [-0.1, -0.05) is 0 Å². The largest absolute Gasteiger partial charge is 0.466 e. The molecule has 6 heteroatoms. The van der Waals surface area contributed by atoms with Crippen molar-refractivity contribution >= 4 is 11.7 Å². The molecule has 0 atom stereocenters. The number of ether oxygens (including phenoxy) is 1. The molecule has 0 bridgehead atoms. The minimum Gasteiger partial charge on any atom is -0.466 e. The van der Waals surface area contributed by atoms with Crippen molar-refractivity contribution in [2.75, 3.05) is 12.3 Å². The second-order valence-corrected chi connectivity index (χ2v) is 3.51. The van der Waals surface area contributed by atoms with Crippen molar-refractivity contribution in [3.05, 3.63) is 23.0 Å². The Morgan fingerprint density at radius 2 is 2.24 bits per heavy atom. The molecule has 0 spiro atoms. The molecule has 1 rings (SSSR count). The van der Waals surface area contributed by atoms with Crippen LogP contribution >= 0.6 is 0 Å². The van der Waals surface area contributed by atoms with E-state index in [1.165, 1.54) is 6.07 Å². The van der Waals surface area contributed by atoms with Crippen molar-refractivity contribution in [1.29, 1.82) is 0 Å². The van der Waals surface area contributed by atoms with E-state index in [9.17, 15) is 13.6 Å². The quantitative estimate of drug-likeness (QED) is 0.823. The van der Waals surface area contributed by atoms with Crippen LogP contribution in [0.3, 0.4) is 0 Å². The molecule has 0 saturated heterocycles. The van der Waals surface area contributed by atoms with E-state index in [0.717, 1.165) is 0 Å². The molecule has 0 saturated carbocycles. The number of pyridine rings is 1. The number of hydrogen-bond donors (Lipinski definition) is 1. The first-order valence-electron chi connectivity index (χ1n) is 5.15. The zero-order valence-electron chi connectivity index (χ0n) is 9.67. The normalized spacial score (nSPS) is 10.6. The van der Waals surface area contributed by atoms with Crippen molar-refractivity contribution in [2.45, 2.75) is 26.7 Å². The maximum atomic E-state index is 12.5. The van der Waals surface area contributed by atoms with Crippen molar-refractivity contribution in [2.24, 2.45) is 0 Å². The fourth-order valence-corrected chi connectivity index (χ4v) is 1.37. The predicted octanol–water partition coefficient (Wildman–Crippen LogP) is 2.02. The lowest BCUT2D eigenvalue weighted by molar-refractivity contribution is -0.142. The number of carbonyl (C=O) groups excluding carboxylic acids is 1. The third-order valence-electron chi connectivity index (χ3n) is 2.20. The molecule has 0 amide bonds. The number of esters is 1. The van der Waals surface area contributed by atoms with Gasteiger partial charge < -0.3 is 10.5 Å². The van der Waals surface area contributed by atoms with Gasteiger partial charge >= 0.3 is 5.97 Å². The Kier molecular flexibility index (Phi) is 4.37. The number of anilines is 1. The molecule has 0 aliphatic rings. The van der Waals surface area contributed by atoms with Crippen LogP contribution in [-0.2, 0) is 16.0 Å². The van der Waals surface area contributed by atoms with Gasteiger partial charge in [-0.3, -0.25) is 4.79 Å². The number of alkyl halides is 2. The molecule has 1 aromatic heterocycles. The van der Waals surface area contributed by atoms with E-state index in [0.29, 0.717) is 5.56 Å². The van der Waals surface area contributed by atoms with Gasteiger partial charge in [0.2, 0.25) is 0 Å².